The van der Waals surface area contributed by atoms with Crippen LogP contribution in [0.3, 0.4) is 0 Å². The van der Waals surface area contributed by atoms with Crippen LogP contribution in [-0.2, 0) is 12.8 Å². The molecule has 5 heteroatoms. The summed E-state index contributed by atoms with van der Waals surface area (Å²) in [5.41, 5.74) is 1.49. The van der Waals surface area contributed by atoms with Crippen LogP contribution in [-0.4, -0.2) is 27.4 Å². The molecule has 0 bridgehead atoms. The molecular weight excluding hydrogens is 264 g/mol. The Morgan fingerprint density at radius 2 is 2.17 bits per heavy atom. The lowest BCUT2D eigenvalue weighted by Gasteiger charge is -2.11. The molecule has 3 rings (SSSR count). The summed E-state index contributed by atoms with van der Waals surface area (Å²) in [6.07, 6.45) is 7.47. The Bertz CT molecular complexity index is 553. The molecule has 3 nitrogen and oxygen atoms in total. The average Bonchev–Trinajstić information content (AvgIpc) is 2.78. The topological polar surface area (TPSA) is 46.0 Å². The lowest BCUT2D eigenvalue weighted by molar-refractivity contribution is 0.296. The number of hydrogen-bond donors (Lipinski definition) is 1. The van der Waals surface area contributed by atoms with E-state index in [0.717, 1.165) is 22.0 Å². The zero-order chi connectivity index (χ0) is 12.4. The van der Waals surface area contributed by atoms with Gasteiger partial charge in [-0.15, -0.1) is 23.1 Å². The standard InChI is InChI=1S/C13H16N2OS2/c16-6-3-7-17-12-11-9-4-1-2-5-10(9)18-13(11)15-8-14-12/h8,16H,1-7H2. The molecule has 2 aromatic heterocycles. The first-order valence-electron chi connectivity index (χ1n) is 6.39. The van der Waals surface area contributed by atoms with Crippen LogP contribution in [0, 0.1) is 0 Å². The van der Waals surface area contributed by atoms with Crippen LogP contribution in [0.15, 0.2) is 11.4 Å². The van der Waals surface area contributed by atoms with Crippen molar-refractivity contribution in [2.75, 3.05) is 12.4 Å². The van der Waals surface area contributed by atoms with Crippen LogP contribution in [0.2, 0.25) is 0 Å². The first-order chi connectivity index (χ1) is 8.90. The predicted octanol–water partition coefficient (Wildman–Crippen LogP) is 3.04. The number of fused-ring (bicyclic) bond motifs is 3. The summed E-state index contributed by atoms with van der Waals surface area (Å²) in [6, 6.07) is 0. The summed E-state index contributed by atoms with van der Waals surface area (Å²) in [5, 5.41) is 11.3. The number of thioether (sulfide) groups is 1. The third kappa shape index (κ3) is 2.27. The molecule has 0 saturated heterocycles. The quantitative estimate of drug-likeness (QED) is 0.531. The molecule has 2 heterocycles. The number of aliphatic hydroxyl groups is 1. The summed E-state index contributed by atoms with van der Waals surface area (Å²) in [7, 11) is 0. The normalized spacial score (nSPS) is 14.9. The molecule has 0 atom stereocenters. The van der Waals surface area contributed by atoms with Gasteiger partial charge in [0.15, 0.2) is 0 Å². The second-order valence-corrected chi connectivity index (χ2v) is 6.66. The number of nitrogens with zero attached hydrogens (tertiary/aromatic N) is 2. The molecule has 1 aliphatic carbocycles. The van der Waals surface area contributed by atoms with Gasteiger partial charge in [0.1, 0.15) is 16.2 Å². The highest BCUT2D eigenvalue weighted by atomic mass is 32.2. The lowest BCUT2D eigenvalue weighted by atomic mass is 9.97. The van der Waals surface area contributed by atoms with E-state index in [1.54, 1.807) is 18.1 Å². The van der Waals surface area contributed by atoms with Crippen molar-refractivity contribution in [2.24, 2.45) is 0 Å². The molecule has 0 aromatic carbocycles. The van der Waals surface area contributed by atoms with Gasteiger partial charge in [0, 0.05) is 22.6 Å². The molecule has 18 heavy (non-hydrogen) atoms. The Morgan fingerprint density at radius 3 is 3.06 bits per heavy atom. The number of rotatable bonds is 4. The van der Waals surface area contributed by atoms with Gasteiger partial charge in [0.05, 0.1) is 0 Å². The number of aryl methyl sites for hydroxylation is 2. The van der Waals surface area contributed by atoms with Crippen molar-refractivity contribution >= 4 is 33.3 Å². The fourth-order valence-corrected chi connectivity index (χ4v) is 4.65. The van der Waals surface area contributed by atoms with E-state index in [9.17, 15) is 0 Å². The molecule has 0 spiro atoms. The van der Waals surface area contributed by atoms with Crippen LogP contribution < -0.4 is 0 Å². The molecule has 0 unspecified atom stereocenters. The maximum absolute atomic E-state index is 8.87. The molecule has 1 aliphatic rings. The summed E-state index contributed by atoms with van der Waals surface area (Å²) >= 11 is 3.59. The van der Waals surface area contributed by atoms with E-state index < -0.39 is 0 Å². The van der Waals surface area contributed by atoms with Gasteiger partial charge in [0.2, 0.25) is 0 Å². The largest absolute Gasteiger partial charge is 0.396 e. The fourth-order valence-electron chi connectivity index (χ4n) is 2.40. The lowest BCUT2D eigenvalue weighted by Crippen LogP contribution is -1.99. The molecule has 0 fully saturated rings. The van der Waals surface area contributed by atoms with Crippen molar-refractivity contribution in [3.8, 4) is 0 Å². The van der Waals surface area contributed by atoms with Crippen LogP contribution >= 0.6 is 23.1 Å². The molecule has 96 valence electrons. The summed E-state index contributed by atoms with van der Waals surface area (Å²) in [6.45, 7) is 0.253. The molecule has 2 aromatic rings. The van der Waals surface area contributed by atoms with Crippen molar-refractivity contribution in [3.05, 3.63) is 16.8 Å². The number of thiophene rings is 1. The third-order valence-corrected chi connectivity index (χ3v) is 5.53. The minimum absolute atomic E-state index is 0.253. The van der Waals surface area contributed by atoms with Gasteiger partial charge in [-0.2, -0.15) is 0 Å². The van der Waals surface area contributed by atoms with Gasteiger partial charge in [-0.25, -0.2) is 9.97 Å². The number of aromatic nitrogens is 2. The second-order valence-electron chi connectivity index (χ2n) is 4.50. The summed E-state index contributed by atoms with van der Waals surface area (Å²) in [4.78, 5) is 11.5. The van der Waals surface area contributed by atoms with Crippen molar-refractivity contribution in [1.29, 1.82) is 0 Å². The van der Waals surface area contributed by atoms with E-state index in [4.69, 9.17) is 5.11 Å². The first kappa shape index (κ1) is 12.4. The van der Waals surface area contributed by atoms with Gasteiger partial charge in [-0.3, -0.25) is 0 Å². The van der Waals surface area contributed by atoms with E-state index in [2.05, 4.69) is 9.97 Å². The van der Waals surface area contributed by atoms with Crippen LogP contribution in [0.5, 0.6) is 0 Å². The average molecular weight is 280 g/mol. The SMILES string of the molecule is OCCCSc1ncnc2sc3c(c12)CCCC3. The zero-order valence-corrected chi connectivity index (χ0v) is 11.8. The monoisotopic (exact) mass is 280 g/mol. The van der Waals surface area contributed by atoms with Crippen LogP contribution in [0.25, 0.3) is 10.2 Å². The third-order valence-electron chi connectivity index (χ3n) is 3.26. The molecule has 0 aliphatic heterocycles. The minimum Gasteiger partial charge on any atom is -0.396 e. The smallest absolute Gasteiger partial charge is 0.128 e. The Labute approximate surface area is 115 Å². The predicted molar refractivity (Wildman–Crippen MR) is 76.5 cm³/mol. The molecule has 0 amide bonds. The highest BCUT2D eigenvalue weighted by molar-refractivity contribution is 7.99. The fraction of sp³-hybridized carbons (Fsp3) is 0.538. The Morgan fingerprint density at radius 1 is 1.28 bits per heavy atom. The van der Waals surface area contributed by atoms with E-state index >= 15 is 0 Å². The highest BCUT2D eigenvalue weighted by Crippen LogP contribution is 2.39. The summed E-state index contributed by atoms with van der Waals surface area (Å²) < 4.78 is 0. The Kier molecular flexibility index (Phi) is 3.82. The maximum atomic E-state index is 8.87. The maximum Gasteiger partial charge on any atom is 0.128 e. The van der Waals surface area contributed by atoms with Gasteiger partial charge in [-0.1, -0.05) is 0 Å². The van der Waals surface area contributed by atoms with E-state index in [-0.39, 0.29) is 6.61 Å². The summed E-state index contributed by atoms with van der Waals surface area (Å²) in [5.74, 6) is 0.924. The number of aliphatic hydroxyl groups excluding tert-OH is 1. The molecule has 0 radical (unpaired) electrons. The van der Waals surface area contributed by atoms with Crippen molar-refractivity contribution < 1.29 is 5.11 Å². The Hall–Kier alpha value is -0.650. The van der Waals surface area contributed by atoms with Crippen LogP contribution in [0.4, 0.5) is 0 Å². The molecule has 0 saturated carbocycles. The van der Waals surface area contributed by atoms with Crippen molar-refractivity contribution in [2.45, 2.75) is 37.1 Å². The molecular formula is C13H16N2OS2. The van der Waals surface area contributed by atoms with Gasteiger partial charge in [0.25, 0.3) is 0 Å². The van der Waals surface area contributed by atoms with Gasteiger partial charge >= 0.3 is 0 Å². The number of hydrogen-bond acceptors (Lipinski definition) is 5. The van der Waals surface area contributed by atoms with E-state index in [0.29, 0.717) is 0 Å². The van der Waals surface area contributed by atoms with E-state index in [1.165, 1.54) is 41.5 Å². The van der Waals surface area contributed by atoms with Crippen molar-refractivity contribution in [1.82, 2.24) is 9.97 Å². The zero-order valence-electron chi connectivity index (χ0n) is 10.2. The minimum atomic E-state index is 0.253. The highest BCUT2D eigenvalue weighted by Gasteiger charge is 2.19. The molecule has 1 N–H and O–H groups in total. The first-order valence-corrected chi connectivity index (χ1v) is 8.19. The second kappa shape index (κ2) is 5.55. The van der Waals surface area contributed by atoms with Gasteiger partial charge in [-0.05, 0) is 37.7 Å². The van der Waals surface area contributed by atoms with Gasteiger partial charge < -0.3 is 5.11 Å². The van der Waals surface area contributed by atoms with Crippen LogP contribution in [0.1, 0.15) is 29.7 Å². The van der Waals surface area contributed by atoms with E-state index in [1.807, 2.05) is 11.3 Å². The van der Waals surface area contributed by atoms with Crippen molar-refractivity contribution in [3.63, 3.8) is 0 Å². The Balaban J connectivity index is 2.00.